The molecule has 1 aliphatic carbocycles. The molecular formula is C25H35N5O2. The number of aliphatic imine (C=N–C) groups is 1. The summed E-state index contributed by atoms with van der Waals surface area (Å²) < 4.78 is 5.57. The molecule has 2 aliphatic rings. The minimum Gasteiger partial charge on any atom is -0.495 e. The van der Waals surface area contributed by atoms with E-state index in [-0.39, 0.29) is 11.6 Å². The third kappa shape index (κ3) is 8.12. The molecule has 0 spiro atoms. The van der Waals surface area contributed by atoms with E-state index in [1.54, 1.807) is 20.2 Å². The van der Waals surface area contributed by atoms with Gasteiger partial charge in [-0.2, -0.15) is 0 Å². The Hall–Kier alpha value is -3.24. The molecule has 2 rings (SSSR count). The zero-order valence-electron chi connectivity index (χ0n) is 19.3. The lowest BCUT2D eigenvalue weighted by atomic mass is 10.2. The summed E-state index contributed by atoms with van der Waals surface area (Å²) in [5, 5.41) is 5.72. The van der Waals surface area contributed by atoms with Crippen molar-refractivity contribution in [2.24, 2.45) is 4.99 Å². The van der Waals surface area contributed by atoms with Gasteiger partial charge in [-0.25, -0.2) is 4.99 Å². The van der Waals surface area contributed by atoms with Crippen LogP contribution in [0.1, 0.15) is 26.2 Å². The van der Waals surface area contributed by atoms with Gasteiger partial charge in [0.2, 0.25) is 0 Å². The second kappa shape index (κ2) is 13.9. The van der Waals surface area contributed by atoms with Gasteiger partial charge in [0.1, 0.15) is 11.6 Å². The number of terminal acetylenes is 1. The summed E-state index contributed by atoms with van der Waals surface area (Å²) in [7, 11) is 1.73. The van der Waals surface area contributed by atoms with E-state index in [0.29, 0.717) is 12.4 Å². The minimum atomic E-state index is -0.249. The van der Waals surface area contributed by atoms with Crippen molar-refractivity contribution < 1.29 is 9.53 Å². The fraction of sp³-hybridized carbons (Fsp3) is 0.440. The molecule has 0 radical (unpaired) electrons. The number of rotatable bonds is 11. The van der Waals surface area contributed by atoms with Crippen molar-refractivity contribution in [2.45, 2.75) is 26.2 Å². The number of nitrogens with one attached hydrogen (secondary N) is 2. The summed E-state index contributed by atoms with van der Waals surface area (Å²) in [6, 6.07) is 0. The summed E-state index contributed by atoms with van der Waals surface area (Å²) in [6.07, 6.45) is 19.7. The van der Waals surface area contributed by atoms with Crippen molar-refractivity contribution in [2.75, 3.05) is 46.4 Å². The molecule has 7 nitrogen and oxygen atoms in total. The Morgan fingerprint density at radius 2 is 2.12 bits per heavy atom. The first kappa shape index (κ1) is 25.0. The second-order valence-corrected chi connectivity index (χ2v) is 7.47. The molecule has 0 atom stereocenters. The molecule has 0 aromatic rings. The summed E-state index contributed by atoms with van der Waals surface area (Å²) in [5.74, 6) is 3.51. The molecule has 0 aromatic heterocycles. The van der Waals surface area contributed by atoms with Crippen LogP contribution in [0.25, 0.3) is 0 Å². The lowest BCUT2D eigenvalue weighted by molar-refractivity contribution is -0.117. The monoisotopic (exact) mass is 437 g/mol. The molecule has 1 amide bonds. The molecule has 1 aliphatic heterocycles. The molecule has 0 saturated carbocycles. The van der Waals surface area contributed by atoms with Gasteiger partial charge in [0, 0.05) is 45.0 Å². The smallest absolute Gasteiger partial charge is 0.267 e. The van der Waals surface area contributed by atoms with Gasteiger partial charge in [0.15, 0.2) is 0 Å². The number of carbonyl (C=O) groups excluding carboxylic acids is 1. The lowest BCUT2D eigenvalue weighted by Crippen LogP contribution is -2.46. The summed E-state index contributed by atoms with van der Waals surface area (Å²) in [5.41, 5.74) is 1.39. The Balaban J connectivity index is 1.64. The van der Waals surface area contributed by atoms with Gasteiger partial charge in [0.05, 0.1) is 18.5 Å². The number of nitrogens with zero attached hydrogens (tertiary/aromatic N) is 3. The van der Waals surface area contributed by atoms with Crippen LogP contribution in [-0.4, -0.2) is 68.3 Å². The molecule has 0 bridgehead atoms. The number of amides is 1. The maximum absolute atomic E-state index is 12.2. The Bertz CT molecular complexity index is 837. The Morgan fingerprint density at radius 3 is 2.81 bits per heavy atom. The quantitative estimate of drug-likeness (QED) is 0.225. The SMILES string of the molecule is C#C/C=C(\N=C/C)NC(=C)C(=O)NCCCCN1CCN(C2=CC=CCC=C2OC)CC1. The molecule has 1 heterocycles. The van der Waals surface area contributed by atoms with Crippen molar-refractivity contribution in [1.82, 2.24) is 20.4 Å². The molecule has 0 unspecified atom stereocenters. The predicted molar refractivity (Wildman–Crippen MR) is 131 cm³/mol. The van der Waals surface area contributed by atoms with E-state index in [9.17, 15) is 4.79 Å². The summed E-state index contributed by atoms with van der Waals surface area (Å²) in [4.78, 5) is 21.1. The highest BCUT2D eigenvalue weighted by Gasteiger charge is 2.21. The molecule has 32 heavy (non-hydrogen) atoms. The number of carbonyl (C=O) groups is 1. The largest absolute Gasteiger partial charge is 0.495 e. The highest BCUT2D eigenvalue weighted by Crippen LogP contribution is 2.21. The molecule has 0 aromatic carbocycles. The zero-order valence-corrected chi connectivity index (χ0v) is 19.3. The van der Waals surface area contributed by atoms with E-state index in [4.69, 9.17) is 11.2 Å². The first-order chi connectivity index (χ1) is 15.6. The highest BCUT2D eigenvalue weighted by atomic mass is 16.5. The molecular weight excluding hydrogens is 402 g/mol. The Morgan fingerprint density at radius 1 is 1.34 bits per heavy atom. The van der Waals surface area contributed by atoms with Crippen LogP contribution in [0.2, 0.25) is 0 Å². The number of methoxy groups -OCH3 is 1. The molecule has 1 fully saturated rings. The van der Waals surface area contributed by atoms with Crippen molar-refractivity contribution in [3.63, 3.8) is 0 Å². The minimum absolute atomic E-state index is 0.223. The molecule has 172 valence electrons. The van der Waals surface area contributed by atoms with Crippen molar-refractivity contribution >= 4 is 12.1 Å². The van der Waals surface area contributed by atoms with Crippen LogP contribution in [0.4, 0.5) is 0 Å². The maximum atomic E-state index is 12.2. The standard InChI is InChI=1S/C25H35N5O2/c1-5-12-24(26-6-2)28-21(3)25(31)27-15-10-11-16-29-17-19-30(20-18-29)22-13-8-7-9-14-23(22)32-4/h1,6-8,12-14,28H,3,9-11,15-20H2,2,4H3,(H,27,31)/b24-12+,26-6-. The van der Waals surface area contributed by atoms with Crippen molar-refractivity contribution in [3.8, 4) is 12.3 Å². The molecule has 1 saturated heterocycles. The van der Waals surface area contributed by atoms with Gasteiger partial charge in [-0.1, -0.05) is 24.7 Å². The Kier molecular flexibility index (Phi) is 10.9. The normalized spacial score (nSPS) is 17.3. The van der Waals surface area contributed by atoms with Gasteiger partial charge in [-0.05, 0) is 44.9 Å². The predicted octanol–water partition coefficient (Wildman–Crippen LogP) is 2.54. The first-order valence-corrected chi connectivity index (χ1v) is 11.1. The molecule has 7 heteroatoms. The summed E-state index contributed by atoms with van der Waals surface area (Å²) >= 11 is 0. The summed E-state index contributed by atoms with van der Waals surface area (Å²) in [6.45, 7) is 11.2. The third-order valence-electron chi connectivity index (χ3n) is 5.24. The number of ether oxygens (including phenoxy) is 1. The van der Waals surface area contributed by atoms with E-state index < -0.39 is 0 Å². The number of hydrogen-bond acceptors (Lipinski definition) is 6. The van der Waals surface area contributed by atoms with Gasteiger partial charge in [0.25, 0.3) is 5.91 Å². The van der Waals surface area contributed by atoms with E-state index >= 15 is 0 Å². The average Bonchev–Trinajstić information content (AvgIpc) is 3.05. The lowest BCUT2D eigenvalue weighted by Gasteiger charge is -2.37. The van der Waals surface area contributed by atoms with E-state index in [1.807, 2.05) is 0 Å². The van der Waals surface area contributed by atoms with Crippen molar-refractivity contribution in [1.29, 1.82) is 0 Å². The van der Waals surface area contributed by atoms with Crippen LogP contribution in [0.15, 0.2) is 64.9 Å². The van der Waals surface area contributed by atoms with Gasteiger partial charge < -0.3 is 20.3 Å². The van der Waals surface area contributed by atoms with Gasteiger partial charge >= 0.3 is 0 Å². The maximum Gasteiger partial charge on any atom is 0.267 e. The van der Waals surface area contributed by atoms with E-state index in [1.165, 1.54) is 11.8 Å². The van der Waals surface area contributed by atoms with Crippen LogP contribution in [0.3, 0.4) is 0 Å². The van der Waals surface area contributed by atoms with Crippen LogP contribution in [0, 0.1) is 12.3 Å². The van der Waals surface area contributed by atoms with Crippen molar-refractivity contribution in [3.05, 3.63) is 59.9 Å². The van der Waals surface area contributed by atoms with E-state index in [2.05, 4.69) is 62.2 Å². The molecule has 2 N–H and O–H groups in total. The van der Waals surface area contributed by atoms with Crippen LogP contribution in [-0.2, 0) is 9.53 Å². The van der Waals surface area contributed by atoms with Crippen LogP contribution in [0.5, 0.6) is 0 Å². The van der Waals surface area contributed by atoms with Gasteiger partial charge in [-0.3, -0.25) is 9.69 Å². The number of unbranched alkanes of at least 4 members (excludes halogenated alkanes) is 1. The highest BCUT2D eigenvalue weighted by molar-refractivity contribution is 5.92. The zero-order chi connectivity index (χ0) is 23.2. The van der Waals surface area contributed by atoms with Crippen LogP contribution >= 0.6 is 0 Å². The topological polar surface area (TPSA) is 69.2 Å². The second-order valence-electron chi connectivity index (χ2n) is 7.47. The number of hydrogen-bond donors (Lipinski definition) is 2. The fourth-order valence-corrected chi connectivity index (χ4v) is 3.57. The number of piperazine rings is 1. The van der Waals surface area contributed by atoms with Crippen LogP contribution < -0.4 is 10.6 Å². The van der Waals surface area contributed by atoms with Gasteiger partial charge in [-0.15, -0.1) is 6.42 Å². The Labute approximate surface area is 192 Å². The average molecular weight is 438 g/mol. The fourth-order valence-electron chi connectivity index (χ4n) is 3.57. The van der Waals surface area contributed by atoms with E-state index in [0.717, 1.165) is 57.7 Å². The third-order valence-corrected chi connectivity index (χ3v) is 5.24. The first-order valence-electron chi connectivity index (χ1n) is 11.1. The number of allylic oxidation sites excluding steroid dienone is 5.